The van der Waals surface area contributed by atoms with Crippen LogP contribution in [0.15, 0.2) is 0 Å². The highest BCUT2D eigenvalue weighted by atomic mass is 16.4. The largest absolute Gasteiger partial charge is 0.481 e. The molecule has 2 N–H and O–H groups in total. The number of carboxylic acids is 2. The van der Waals surface area contributed by atoms with Crippen LogP contribution in [0.25, 0.3) is 0 Å². The molecule has 0 amide bonds. The molecule has 0 fully saturated rings. The van der Waals surface area contributed by atoms with Crippen LogP contribution in [0.3, 0.4) is 0 Å². The van der Waals surface area contributed by atoms with E-state index < -0.39 is 11.9 Å². The maximum absolute atomic E-state index is 10.3. The van der Waals surface area contributed by atoms with Gasteiger partial charge in [-0.25, -0.2) is 0 Å². The third kappa shape index (κ3) is 7.54. The van der Waals surface area contributed by atoms with Crippen molar-refractivity contribution in [1.29, 1.82) is 0 Å². The average molecular weight is 203 g/mol. The number of carboxylic acid groups (broad SMARTS) is 2. The Kier molecular flexibility index (Phi) is 6.74. The first-order chi connectivity index (χ1) is 6.56. The first kappa shape index (κ1) is 12.9. The van der Waals surface area contributed by atoms with Crippen molar-refractivity contribution in [3.63, 3.8) is 0 Å². The Hall–Kier alpha value is -1.10. The highest BCUT2D eigenvalue weighted by Gasteiger charge is 2.08. The minimum Gasteiger partial charge on any atom is -0.481 e. The summed E-state index contributed by atoms with van der Waals surface area (Å²) in [6.45, 7) is 3.59. The van der Waals surface area contributed by atoms with E-state index in [1.807, 2.05) is 11.8 Å². The Morgan fingerprint density at radius 1 is 1.00 bits per heavy atom. The number of carbonyl (C=O) groups is 2. The molecular weight excluding hydrogens is 186 g/mol. The number of aliphatic carboxylic acids is 2. The fourth-order valence-corrected chi connectivity index (χ4v) is 1.16. The molecule has 0 saturated heterocycles. The van der Waals surface area contributed by atoms with E-state index in [0.717, 1.165) is 13.0 Å². The lowest BCUT2D eigenvalue weighted by atomic mass is 10.3. The molecule has 0 radical (unpaired) electrons. The van der Waals surface area contributed by atoms with Gasteiger partial charge in [0, 0.05) is 13.1 Å². The lowest BCUT2D eigenvalue weighted by molar-refractivity contribution is -0.137. The van der Waals surface area contributed by atoms with Crippen molar-refractivity contribution in [1.82, 2.24) is 4.90 Å². The van der Waals surface area contributed by atoms with Gasteiger partial charge in [-0.3, -0.25) is 9.59 Å². The third-order valence-electron chi connectivity index (χ3n) is 1.82. The van der Waals surface area contributed by atoms with Gasteiger partial charge in [0.1, 0.15) is 0 Å². The zero-order valence-corrected chi connectivity index (χ0v) is 8.40. The van der Waals surface area contributed by atoms with Gasteiger partial charge in [-0.1, -0.05) is 6.92 Å². The van der Waals surface area contributed by atoms with Crippen LogP contribution in [0.5, 0.6) is 0 Å². The number of rotatable bonds is 8. The Balaban J connectivity index is 3.76. The van der Waals surface area contributed by atoms with Crippen molar-refractivity contribution in [3.8, 4) is 0 Å². The first-order valence-corrected chi connectivity index (χ1v) is 4.72. The molecular formula is C9H17NO4. The normalized spacial score (nSPS) is 10.4. The quantitative estimate of drug-likeness (QED) is 0.605. The minimum atomic E-state index is -0.846. The van der Waals surface area contributed by atoms with Gasteiger partial charge < -0.3 is 15.1 Å². The van der Waals surface area contributed by atoms with Crippen LogP contribution in [0.4, 0.5) is 0 Å². The second-order valence-electron chi connectivity index (χ2n) is 3.13. The van der Waals surface area contributed by atoms with Crippen molar-refractivity contribution in [2.45, 2.75) is 26.2 Å². The first-order valence-electron chi connectivity index (χ1n) is 4.72. The molecule has 0 heterocycles. The van der Waals surface area contributed by atoms with E-state index in [1.54, 1.807) is 0 Å². The fraction of sp³-hybridized carbons (Fsp3) is 0.778. The smallest absolute Gasteiger partial charge is 0.304 e. The number of nitrogens with zero attached hydrogens (tertiary/aromatic N) is 1. The number of hydrogen-bond donors (Lipinski definition) is 2. The van der Waals surface area contributed by atoms with Crippen LogP contribution in [-0.4, -0.2) is 46.7 Å². The second kappa shape index (κ2) is 7.32. The van der Waals surface area contributed by atoms with Crippen LogP contribution in [0.2, 0.25) is 0 Å². The molecule has 0 spiro atoms. The van der Waals surface area contributed by atoms with Gasteiger partial charge >= 0.3 is 11.9 Å². The van der Waals surface area contributed by atoms with Crippen LogP contribution in [0, 0.1) is 0 Å². The van der Waals surface area contributed by atoms with E-state index in [0.29, 0.717) is 13.1 Å². The summed E-state index contributed by atoms with van der Waals surface area (Å²) in [5, 5.41) is 16.9. The van der Waals surface area contributed by atoms with Gasteiger partial charge in [-0.2, -0.15) is 0 Å². The van der Waals surface area contributed by atoms with E-state index in [1.165, 1.54) is 0 Å². The lowest BCUT2D eigenvalue weighted by Gasteiger charge is -2.19. The maximum atomic E-state index is 10.3. The Labute approximate surface area is 83.3 Å². The van der Waals surface area contributed by atoms with Gasteiger partial charge in [0.15, 0.2) is 0 Å². The summed E-state index contributed by atoms with van der Waals surface area (Å²) in [6, 6.07) is 0. The average Bonchev–Trinajstić information content (AvgIpc) is 2.09. The van der Waals surface area contributed by atoms with E-state index in [4.69, 9.17) is 10.2 Å². The molecule has 0 saturated carbocycles. The molecule has 0 rings (SSSR count). The molecule has 5 heteroatoms. The van der Waals surface area contributed by atoms with E-state index in [9.17, 15) is 9.59 Å². The van der Waals surface area contributed by atoms with Gasteiger partial charge in [-0.05, 0) is 13.0 Å². The van der Waals surface area contributed by atoms with Crippen molar-refractivity contribution in [2.24, 2.45) is 0 Å². The molecule has 0 aromatic carbocycles. The topological polar surface area (TPSA) is 77.8 Å². The highest BCUT2D eigenvalue weighted by molar-refractivity contribution is 5.67. The van der Waals surface area contributed by atoms with E-state index >= 15 is 0 Å². The van der Waals surface area contributed by atoms with Crippen molar-refractivity contribution in [2.75, 3.05) is 19.6 Å². The van der Waals surface area contributed by atoms with Crippen LogP contribution >= 0.6 is 0 Å². The van der Waals surface area contributed by atoms with Crippen molar-refractivity contribution in [3.05, 3.63) is 0 Å². The monoisotopic (exact) mass is 203 g/mol. The molecule has 5 nitrogen and oxygen atoms in total. The Bertz CT molecular complexity index is 175. The summed E-state index contributed by atoms with van der Waals surface area (Å²) in [5.74, 6) is -1.69. The summed E-state index contributed by atoms with van der Waals surface area (Å²) in [4.78, 5) is 22.5. The predicted molar refractivity (Wildman–Crippen MR) is 51.2 cm³/mol. The molecule has 0 atom stereocenters. The van der Waals surface area contributed by atoms with Gasteiger partial charge in [0.05, 0.1) is 12.8 Å². The highest BCUT2D eigenvalue weighted by Crippen LogP contribution is 1.96. The molecule has 0 aromatic rings. The molecule has 0 unspecified atom stereocenters. The van der Waals surface area contributed by atoms with Crippen LogP contribution < -0.4 is 0 Å². The van der Waals surface area contributed by atoms with Gasteiger partial charge in [0.2, 0.25) is 0 Å². The molecule has 0 aliphatic rings. The summed E-state index contributed by atoms with van der Waals surface area (Å²) in [6.07, 6.45) is 1.04. The fourth-order valence-electron chi connectivity index (χ4n) is 1.16. The zero-order valence-electron chi connectivity index (χ0n) is 8.40. The summed E-state index contributed by atoms with van der Waals surface area (Å²) in [5.41, 5.74) is 0. The third-order valence-corrected chi connectivity index (χ3v) is 1.82. The zero-order chi connectivity index (χ0) is 11.0. The molecule has 0 aliphatic carbocycles. The van der Waals surface area contributed by atoms with E-state index in [-0.39, 0.29) is 12.8 Å². The SMILES string of the molecule is CCCN(CCC(=O)O)CCC(=O)O. The predicted octanol–water partition coefficient (Wildman–Crippen LogP) is 0.648. The molecule has 82 valence electrons. The van der Waals surface area contributed by atoms with E-state index in [2.05, 4.69) is 0 Å². The van der Waals surface area contributed by atoms with Gasteiger partial charge in [0.25, 0.3) is 0 Å². The van der Waals surface area contributed by atoms with Crippen LogP contribution in [-0.2, 0) is 9.59 Å². The molecule has 0 aliphatic heterocycles. The van der Waals surface area contributed by atoms with Crippen LogP contribution in [0.1, 0.15) is 26.2 Å². The summed E-state index contributed by atoms with van der Waals surface area (Å²) >= 11 is 0. The maximum Gasteiger partial charge on any atom is 0.304 e. The summed E-state index contributed by atoms with van der Waals surface area (Å²) < 4.78 is 0. The Morgan fingerprint density at radius 2 is 1.43 bits per heavy atom. The lowest BCUT2D eigenvalue weighted by Crippen LogP contribution is -2.29. The Morgan fingerprint density at radius 3 is 1.71 bits per heavy atom. The number of hydrogen-bond acceptors (Lipinski definition) is 3. The molecule has 0 bridgehead atoms. The second-order valence-corrected chi connectivity index (χ2v) is 3.13. The summed E-state index contributed by atoms with van der Waals surface area (Å²) in [7, 11) is 0. The van der Waals surface area contributed by atoms with Crippen molar-refractivity contribution >= 4 is 11.9 Å². The van der Waals surface area contributed by atoms with Gasteiger partial charge in [-0.15, -0.1) is 0 Å². The molecule has 14 heavy (non-hydrogen) atoms. The standard InChI is InChI=1S/C9H17NO4/c1-2-5-10(6-3-8(11)12)7-4-9(13)14/h2-7H2,1H3,(H,11,12)(H,13,14). The van der Waals surface area contributed by atoms with Crippen molar-refractivity contribution < 1.29 is 19.8 Å². The minimum absolute atomic E-state index is 0.0691. The molecule has 0 aromatic heterocycles.